The van der Waals surface area contributed by atoms with Crippen LogP contribution >= 0.6 is 23.1 Å². The second kappa shape index (κ2) is 6.81. The Kier molecular flexibility index (Phi) is 4.58. The summed E-state index contributed by atoms with van der Waals surface area (Å²) in [7, 11) is 0. The number of aryl methyl sites for hydroxylation is 2. The van der Waals surface area contributed by atoms with Crippen LogP contribution in [-0.4, -0.2) is 31.0 Å². The van der Waals surface area contributed by atoms with Gasteiger partial charge in [-0.25, -0.2) is 0 Å². The molecule has 1 aromatic carbocycles. The van der Waals surface area contributed by atoms with Gasteiger partial charge in [0.25, 0.3) is 11.8 Å². The molecule has 0 atom stereocenters. The van der Waals surface area contributed by atoms with Crippen LogP contribution in [0.4, 0.5) is 11.4 Å². The van der Waals surface area contributed by atoms with Gasteiger partial charge in [0.1, 0.15) is 9.75 Å². The van der Waals surface area contributed by atoms with Crippen LogP contribution in [0.25, 0.3) is 0 Å². The van der Waals surface area contributed by atoms with E-state index in [9.17, 15) is 9.59 Å². The first kappa shape index (κ1) is 16.1. The first-order valence-corrected chi connectivity index (χ1v) is 8.40. The molecular formula is C14H12N6O2S2. The van der Waals surface area contributed by atoms with Gasteiger partial charge in [-0.3, -0.25) is 9.59 Å². The van der Waals surface area contributed by atoms with Gasteiger partial charge in [0.2, 0.25) is 0 Å². The van der Waals surface area contributed by atoms with Crippen molar-refractivity contribution in [3.63, 3.8) is 0 Å². The largest absolute Gasteiger partial charge is 0.321 e. The third-order valence-corrected chi connectivity index (χ3v) is 4.77. The third kappa shape index (κ3) is 3.44. The van der Waals surface area contributed by atoms with Gasteiger partial charge in [0.05, 0.1) is 11.4 Å². The van der Waals surface area contributed by atoms with E-state index in [-0.39, 0.29) is 11.8 Å². The number of aromatic nitrogens is 4. The van der Waals surface area contributed by atoms with Gasteiger partial charge in [-0.05, 0) is 61.2 Å². The minimum absolute atomic E-state index is 0.259. The van der Waals surface area contributed by atoms with Crippen LogP contribution in [-0.2, 0) is 0 Å². The van der Waals surface area contributed by atoms with E-state index in [1.807, 2.05) is 0 Å². The standard InChI is InChI=1S/C14H12N6O2S2/c1-7-11(23-19-17-7)13(21)15-9-3-5-10(6-4-9)16-14(22)12-8(2)18-20-24-12/h3-6H,1-2H3,(H,15,21)(H,16,22). The molecule has 10 heteroatoms. The Morgan fingerprint density at radius 1 is 0.792 bits per heavy atom. The number of nitrogens with zero attached hydrogens (tertiary/aromatic N) is 4. The van der Waals surface area contributed by atoms with Crippen LogP contribution < -0.4 is 10.6 Å². The Morgan fingerprint density at radius 2 is 1.17 bits per heavy atom. The van der Waals surface area contributed by atoms with E-state index in [2.05, 4.69) is 29.8 Å². The van der Waals surface area contributed by atoms with Crippen molar-refractivity contribution >= 4 is 46.3 Å². The number of rotatable bonds is 4. The maximum atomic E-state index is 12.1. The van der Waals surface area contributed by atoms with E-state index in [0.29, 0.717) is 32.5 Å². The third-order valence-electron chi connectivity index (χ3n) is 3.12. The number of hydrogen-bond donors (Lipinski definition) is 2. The number of carbonyl (C=O) groups excluding carboxylic acids is 2. The average molecular weight is 360 g/mol. The highest BCUT2D eigenvalue weighted by Gasteiger charge is 2.14. The molecule has 2 heterocycles. The number of anilines is 2. The number of carbonyl (C=O) groups is 2. The molecule has 0 aliphatic rings. The first-order valence-electron chi connectivity index (χ1n) is 6.85. The molecule has 2 amide bonds. The Bertz CT molecular complexity index is 814. The smallest absolute Gasteiger partial charge is 0.269 e. The molecule has 0 saturated heterocycles. The number of hydrogen-bond acceptors (Lipinski definition) is 8. The summed E-state index contributed by atoms with van der Waals surface area (Å²) in [5.41, 5.74) is 2.41. The fourth-order valence-electron chi connectivity index (χ4n) is 1.89. The lowest BCUT2D eigenvalue weighted by molar-refractivity contribution is 0.102. The fraction of sp³-hybridized carbons (Fsp3) is 0.143. The van der Waals surface area contributed by atoms with E-state index >= 15 is 0 Å². The average Bonchev–Trinajstić information content (AvgIpc) is 3.17. The van der Waals surface area contributed by atoms with Gasteiger partial charge in [0, 0.05) is 11.4 Å². The highest BCUT2D eigenvalue weighted by Crippen LogP contribution is 2.18. The first-order chi connectivity index (χ1) is 11.5. The minimum atomic E-state index is -0.259. The van der Waals surface area contributed by atoms with Crippen molar-refractivity contribution in [2.24, 2.45) is 0 Å². The van der Waals surface area contributed by atoms with Crippen LogP contribution in [0.2, 0.25) is 0 Å². The second-order valence-corrected chi connectivity index (χ2v) is 6.37. The Hall–Kier alpha value is -2.72. The van der Waals surface area contributed by atoms with E-state index in [1.54, 1.807) is 38.1 Å². The molecule has 2 aromatic heterocycles. The van der Waals surface area contributed by atoms with Crippen molar-refractivity contribution in [2.45, 2.75) is 13.8 Å². The number of nitrogens with one attached hydrogen (secondary N) is 2. The number of benzene rings is 1. The topological polar surface area (TPSA) is 110 Å². The van der Waals surface area contributed by atoms with Crippen LogP contribution in [0.3, 0.4) is 0 Å². The van der Waals surface area contributed by atoms with Gasteiger partial charge >= 0.3 is 0 Å². The van der Waals surface area contributed by atoms with Crippen LogP contribution in [0.15, 0.2) is 24.3 Å². The lowest BCUT2D eigenvalue weighted by Crippen LogP contribution is -2.13. The SMILES string of the molecule is Cc1nnsc1C(=O)Nc1ccc(NC(=O)c2snnc2C)cc1. The van der Waals surface area contributed by atoms with Gasteiger partial charge < -0.3 is 10.6 Å². The van der Waals surface area contributed by atoms with E-state index in [1.165, 1.54) is 0 Å². The molecule has 0 aliphatic carbocycles. The molecule has 0 saturated carbocycles. The summed E-state index contributed by atoms with van der Waals surface area (Å²) >= 11 is 2.09. The highest BCUT2D eigenvalue weighted by atomic mass is 32.1. The molecule has 0 bridgehead atoms. The maximum Gasteiger partial charge on any atom is 0.269 e. The minimum Gasteiger partial charge on any atom is -0.321 e. The molecule has 0 spiro atoms. The Morgan fingerprint density at radius 3 is 1.46 bits per heavy atom. The predicted molar refractivity (Wildman–Crippen MR) is 91.6 cm³/mol. The Labute approximate surface area is 145 Å². The van der Waals surface area contributed by atoms with Crippen molar-refractivity contribution in [3.05, 3.63) is 45.4 Å². The molecule has 8 nitrogen and oxygen atoms in total. The summed E-state index contributed by atoms with van der Waals surface area (Å²) in [6, 6.07) is 6.81. The zero-order valence-electron chi connectivity index (χ0n) is 12.7. The molecule has 0 aliphatic heterocycles. The molecule has 24 heavy (non-hydrogen) atoms. The van der Waals surface area contributed by atoms with Crippen molar-refractivity contribution < 1.29 is 9.59 Å². The molecule has 0 fully saturated rings. The summed E-state index contributed by atoms with van der Waals surface area (Å²) in [5, 5.41) is 13.1. The number of amides is 2. The van der Waals surface area contributed by atoms with Crippen LogP contribution in [0.1, 0.15) is 30.7 Å². The summed E-state index contributed by atoms with van der Waals surface area (Å²) in [5.74, 6) is -0.517. The van der Waals surface area contributed by atoms with Gasteiger partial charge in [-0.15, -0.1) is 10.2 Å². The summed E-state index contributed by atoms with van der Waals surface area (Å²) in [4.78, 5) is 25.1. The summed E-state index contributed by atoms with van der Waals surface area (Å²) in [6.07, 6.45) is 0. The second-order valence-electron chi connectivity index (χ2n) is 4.86. The lowest BCUT2D eigenvalue weighted by atomic mass is 10.2. The zero-order valence-corrected chi connectivity index (χ0v) is 14.4. The quantitative estimate of drug-likeness (QED) is 0.740. The molecule has 2 N–H and O–H groups in total. The van der Waals surface area contributed by atoms with Crippen LogP contribution in [0, 0.1) is 13.8 Å². The van der Waals surface area contributed by atoms with Crippen molar-refractivity contribution in [2.75, 3.05) is 10.6 Å². The maximum absolute atomic E-state index is 12.1. The predicted octanol–water partition coefficient (Wildman–Crippen LogP) is 2.51. The molecular weight excluding hydrogens is 348 g/mol. The van der Waals surface area contributed by atoms with E-state index in [4.69, 9.17) is 0 Å². The molecule has 122 valence electrons. The molecule has 0 radical (unpaired) electrons. The van der Waals surface area contributed by atoms with Crippen molar-refractivity contribution in [1.29, 1.82) is 0 Å². The zero-order chi connectivity index (χ0) is 17.1. The van der Waals surface area contributed by atoms with E-state index in [0.717, 1.165) is 23.1 Å². The molecule has 0 unspecified atom stereocenters. The highest BCUT2D eigenvalue weighted by molar-refractivity contribution is 7.08. The monoisotopic (exact) mass is 360 g/mol. The molecule has 3 rings (SSSR count). The van der Waals surface area contributed by atoms with Crippen molar-refractivity contribution in [1.82, 2.24) is 19.2 Å². The Balaban J connectivity index is 1.65. The molecule has 3 aromatic rings. The fourth-order valence-corrected chi connectivity index (χ4v) is 3.00. The normalized spacial score (nSPS) is 10.4. The van der Waals surface area contributed by atoms with Gasteiger partial charge in [0.15, 0.2) is 0 Å². The van der Waals surface area contributed by atoms with Gasteiger partial charge in [-0.2, -0.15) is 0 Å². The summed E-state index contributed by atoms with van der Waals surface area (Å²) in [6.45, 7) is 3.46. The van der Waals surface area contributed by atoms with Crippen LogP contribution in [0.5, 0.6) is 0 Å². The van der Waals surface area contributed by atoms with Gasteiger partial charge in [-0.1, -0.05) is 8.98 Å². The van der Waals surface area contributed by atoms with Crippen molar-refractivity contribution in [3.8, 4) is 0 Å². The lowest BCUT2D eigenvalue weighted by Gasteiger charge is -2.07. The van der Waals surface area contributed by atoms with E-state index < -0.39 is 0 Å². The summed E-state index contributed by atoms with van der Waals surface area (Å²) < 4.78 is 7.47.